The van der Waals surface area contributed by atoms with Crippen LogP contribution in [0, 0.1) is 0 Å². The molecule has 5 heteroatoms. The van der Waals surface area contributed by atoms with E-state index in [-0.39, 0.29) is 18.3 Å². The van der Waals surface area contributed by atoms with Crippen LogP contribution >= 0.6 is 12.4 Å². The number of nitrogens with two attached hydrogens (primary N) is 1. The number of nitrogens with one attached hydrogen (secondary N) is 1. The van der Waals surface area contributed by atoms with Crippen molar-refractivity contribution in [3.8, 4) is 5.75 Å². The average molecular weight is 351 g/mol. The molecule has 0 aliphatic rings. The molecule has 2 aromatic carbocycles. The highest BCUT2D eigenvalue weighted by Gasteiger charge is 2.03. The van der Waals surface area contributed by atoms with Gasteiger partial charge in [-0.3, -0.25) is 4.79 Å². The van der Waals surface area contributed by atoms with Crippen LogP contribution in [0.2, 0.25) is 0 Å². The number of amides is 1. The van der Waals surface area contributed by atoms with Crippen LogP contribution in [0.3, 0.4) is 0 Å². The molecule has 132 valence electrons. The normalized spacial score (nSPS) is 10.2. The lowest BCUT2D eigenvalue weighted by molar-refractivity contribution is -0.121. The first-order valence-corrected chi connectivity index (χ1v) is 8.38. The van der Waals surface area contributed by atoms with Crippen molar-refractivity contribution in [3.63, 3.8) is 0 Å². The number of hydrogen-bond acceptors (Lipinski definition) is 3. The van der Waals surface area contributed by atoms with Gasteiger partial charge in [-0.15, -0.1) is 12.4 Å². The van der Waals surface area contributed by atoms with Crippen LogP contribution in [0.25, 0.3) is 10.8 Å². The largest absolute Gasteiger partial charge is 0.491 e. The van der Waals surface area contributed by atoms with Crippen LogP contribution in [0.15, 0.2) is 42.5 Å². The van der Waals surface area contributed by atoms with Gasteiger partial charge in [0.15, 0.2) is 0 Å². The molecule has 0 aromatic heterocycles. The Kier molecular flexibility index (Phi) is 9.89. The minimum absolute atomic E-state index is 0. The maximum Gasteiger partial charge on any atom is 0.220 e. The smallest absolute Gasteiger partial charge is 0.220 e. The van der Waals surface area contributed by atoms with Gasteiger partial charge in [-0.1, -0.05) is 49.2 Å². The predicted molar refractivity (Wildman–Crippen MR) is 102 cm³/mol. The van der Waals surface area contributed by atoms with Gasteiger partial charge < -0.3 is 15.8 Å². The average Bonchev–Trinajstić information content (AvgIpc) is 2.58. The van der Waals surface area contributed by atoms with E-state index in [1.54, 1.807) is 0 Å². The Bertz CT molecular complexity index is 614. The molecule has 4 nitrogen and oxygen atoms in total. The van der Waals surface area contributed by atoms with Crippen LogP contribution in [0.1, 0.15) is 32.1 Å². The second-order valence-corrected chi connectivity index (χ2v) is 5.63. The molecule has 24 heavy (non-hydrogen) atoms. The molecule has 0 atom stereocenters. The molecule has 3 N–H and O–H groups in total. The summed E-state index contributed by atoms with van der Waals surface area (Å²) in [7, 11) is 0. The molecule has 0 aliphatic carbocycles. The molecule has 0 saturated heterocycles. The fraction of sp³-hybridized carbons (Fsp3) is 0.421. The molecule has 0 aliphatic heterocycles. The van der Waals surface area contributed by atoms with Crippen molar-refractivity contribution in [1.29, 1.82) is 0 Å². The third-order valence-corrected chi connectivity index (χ3v) is 3.79. The Hall–Kier alpha value is -1.78. The fourth-order valence-corrected chi connectivity index (χ4v) is 2.54. The van der Waals surface area contributed by atoms with E-state index in [9.17, 15) is 4.79 Å². The fourth-order valence-electron chi connectivity index (χ4n) is 2.54. The summed E-state index contributed by atoms with van der Waals surface area (Å²) < 4.78 is 5.80. The summed E-state index contributed by atoms with van der Waals surface area (Å²) in [6, 6.07) is 14.1. The van der Waals surface area contributed by atoms with Gasteiger partial charge in [-0.05, 0) is 30.8 Å². The number of carbonyl (C=O) groups is 1. The van der Waals surface area contributed by atoms with Gasteiger partial charge in [0.2, 0.25) is 5.91 Å². The first-order valence-electron chi connectivity index (χ1n) is 8.38. The zero-order valence-corrected chi connectivity index (χ0v) is 14.8. The van der Waals surface area contributed by atoms with E-state index in [1.807, 2.05) is 30.3 Å². The zero-order valence-electron chi connectivity index (χ0n) is 14.0. The standard InChI is InChI=1S/C19H26N2O2.ClH/c20-13-6-2-1-3-12-19(22)21-14-15-23-18-11-7-9-16-8-4-5-10-17(16)18;/h4-5,7-11H,1-3,6,12-15,20H2,(H,21,22);1H. The third kappa shape index (κ3) is 6.77. The number of carbonyl (C=O) groups excluding carboxylic acids is 1. The van der Waals surface area contributed by atoms with Crippen molar-refractivity contribution in [2.45, 2.75) is 32.1 Å². The molecule has 0 fully saturated rings. The highest BCUT2D eigenvalue weighted by Crippen LogP contribution is 2.24. The second kappa shape index (κ2) is 11.7. The van der Waals surface area contributed by atoms with Crippen LogP contribution < -0.4 is 15.8 Å². The Morgan fingerprint density at radius 1 is 1.00 bits per heavy atom. The molecule has 0 heterocycles. The van der Waals surface area contributed by atoms with Gasteiger partial charge in [0, 0.05) is 11.8 Å². The zero-order chi connectivity index (χ0) is 16.3. The van der Waals surface area contributed by atoms with Crippen molar-refractivity contribution < 1.29 is 9.53 Å². The number of halogens is 1. The number of benzene rings is 2. The lowest BCUT2D eigenvalue weighted by Gasteiger charge is -2.10. The van der Waals surface area contributed by atoms with Gasteiger partial charge >= 0.3 is 0 Å². The number of hydrogen-bond donors (Lipinski definition) is 2. The van der Waals surface area contributed by atoms with Crippen molar-refractivity contribution in [2.75, 3.05) is 19.7 Å². The van der Waals surface area contributed by atoms with Crippen LogP contribution in [0.5, 0.6) is 5.75 Å². The van der Waals surface area contributed by atoms with E-state index in [2.05, 4.69) is 17.4 Å². The SMILES string of the molecule is Cl.NCCCCCCC(=O)NCCOc1cccc2ccccc12. The summed E-state index contributed by atoms with van der Waals surface area (Å²) >= 11 is 0. The molecule has 0 saturated carbocycles. The lowest BCUT2D eigenvalue weighted by atomic mass is 10.1. The Morgan fingerprint density at radius 3 is 2.58 bits per heavy atom. The quantitative estimate of drug-likeness (QED) is 0.642. The first kappa shape index (κ1) is 20.3. The number of rotatable bonds is 10. The topological polar surface area (TPSA) is 64.4 Å². The van der Waals surface area contributed by atoms with E-state index < -0.39 is 0 Å². The van der Waals surface area contributed by atoms with Gasteiger partial charge in [0.1, 0.15) is 12.4 Å². The molecule has 2 rings (SSSR count). The summed E-state index contributed by atoms with van der Waals surface area (Å²) in [6.45, 7) is 1.75. The maximum absolute atomic E-state index is 11.7. The number of fused-ring (bicyclic) bond motifs is 1. The van der Waals surface area contributed by atoms with Crippen LogP contribution in [0.4, 0.5) is 0 Å². The van der Waals surface area contributed by atoms with Crippen LogP contribution in [-0.2, 0) is 4.79 Å². The molecular formula is C19H27ClN2O2. The third-order valence-electron chi connectivity index (χ3n) is 3.79. The second-order valence-electron chi connectivity index (χ2n) is 5.63. The monoisotopic (exact) mass is 350 g/mol. The van der Waals surface area contributed by atoms with Gasteiger partial charge in [-0.2, -0.15) is 0 Å². The summed E-state index contributed by atoms with van der Waals surface area (Å²) in [5.74, 6) is 0.957. The molecule has 2 aromatic rings. The number of ether oxygens (including phenoxy) is 1. The van der Waals surface area contributed by atoms with Crippen molar-refractivity contribution in [2.24, 2.45) is 5.73 Å². The van der Waals surface area contributed by atoms with Gasteiger partial charge in [0.05, 0.1) is 6.54 Å². The molecule has 0 bridgehead atoms. The Balaban J connectivity index is 0.00000288. The van der Waals surface area contributed by atoms with Crippen molar-refractivity contribution in [1.82, 2.24) is 5.32 Å². The molecule has 1 amide bonds. The molecule has 0 spiro atoms. The molecule has 0 radical (unpaired) electrons. The predicted octanol–water partition coefficient (Wildman–Crippen LogP) is 3.67. The minimum atomic E-state index is 0. The van der Waals surface area contributed by atoms with E-state index in [4.69, 9.17) is 10.5 Å². The van der Waals surface area contributed by atoms with E-state index in [0.717, 1.165) is 48.8 Å². The highest BCUT2D eigenvalue weighted by molar-refractivity contribution is 5.88. The molecular weight excluding hydrogens is 324 g/mol. The highest BCUT2D eigenvalue weighted by atomic mass is 35.5. The summed E-state index contributed by atoms with van der Waals surface area (Å²) in [6.07, 6.45) is 4.72. The van der Waals surface area contributed by atoms with E-state index >= 15 is 0 Å². The number of unbranched alkanes of at least 4 members (excludes halogenated alkanes) is 3. The maximum atomic E-state index is 11.7. The van der Waals surface area contributed by atoms with Gasteiger partial charge in [0.25, 0.3) is 0 Å². The van der Waals surface area contributed by atoms with E-state index in [0.29, 0.717) is 19.6 Å². The van der Waals surface area contributed by atoms with Gasteiger partial charge in [-0.25, -0.2) is 0 Å². The summed E-state index contributed by atoms with van der Waals surface area (Å²) in [4.78, 5) is 11.7. The Morgan fingerprint density at radius 2 is 1.75 bits per heavy atom. The lowest BCUT2D eigenvalue weighted by Crippen LogP contribution is -2.27. The summed E-state index contributed by atoms with van der Waals surface area (Å²) in [5.41, 5.74) is 5.44. The van der Waals surface area contributed by atoms with Crippen LogP contribution in [-0.4, -0.2) is 25.6 Å². The molecule has 0 unspecified atom stereocenters. The van der Waals surface area contributed by atoms with E-state index in [1.165, 1.54) is 0 Å². The summed E-state index contributed by atoms with van der Waals surface area (Å²) in [5, 5.41) is 5.16. The van der Waals surface area contributed by atoms with Crippen molar-refractivity contribution in [3.05, 3.63) is 42.5 Å². The minimum Gasteiger partial charge on any atom is -0.491 e. The first-order chi connectivity index (χ1) is 11.3. The van der Waals surface area contributed by atoms with Crippen molar-refractivity contribution >= 4 is 29.1 Å². The Labute approximate surface area is 150 Å².